The van der Waals surface area contributed by atoms with E-state index < -0.39 is 23.5 Å². The van der Waals surface area contributed by atoms with E-state index in [1.165, 1.54) is 30.5 Å². The van der Waals surface area contributed by atoms with Crippen molar-refractivity contribution in [3.8, 4) is 0 Å². The number of para-hydroxylation sites is 2. The molecule has 0 radical (unpaired) electrons. The summed E-state index contributed by atoms with van der Waals surface area (Å²) >= 11 is 0. The van der Waals surface area contributed by atoms with E-state index in [2.05, 4.69) is 15.6 Å². The summed E-state index contributed by atoms with van der Waals surface area (Å²) in [6.45, 7) is 1.89. The first-order valence-corrected chi connectivity index (χ1v) is 8.74. The Morgan fingerprint density at radius 3 is 2.38 bits per heavy atom. The fourth-order valence-corrected chi connectivity index (χ4v) is 2.53. The summed E-state index contributed by atoms with van der Waals surface area (Å²) in [5, 5.41) is 5.20. The number of rotatable bonds is 6. The molecule has 0 atom stereocenters. The Morgan fingerprint density at radius 2 is 1.72 bits per heavy atom. The Labute approximate surface area is 165 Å². The van der Waals surface area contributed by atoms with E-state index in [-0.39, 0.29) is 29.2 Å². The molecule has 0 aliphatic carbocycles. The summed E-state index contributed by atoms with van der Waals surface area (Å²) in [5.41, 5.74) is 0.556. The number of halogens is 2. The van der Waals surface area contributed by atoms with Gasteiger partial charge < -0.3 is 15.4 Å². The number of aromatic nitrogens is 1. The highest BCUT2D eigenvalue weighted by molar-refractivity contribution is 6.07. The van der Waals surface area contributed by atoms with E-state index >= 15 is 0 Å². The maximum atomic E-state index is 13.7. The quantitative estimate of drug-likeness (QED) is 0.598. The molecule has 1 heterocycles. The van der Waals surface area contributed by atoms with Crippen LogP contribution < -0.4 is 10.6 Å². The van der Waals surface area contributed by atoms with Crippen LogP contribution in [0.15, 0.2) is 60.8 Å². The molecule has 1 amide bonds. The molecule has 0 aliphatic rings. The molecule has 1 aromatic heterocycles. The largest absolute Gasteiger partial charge is 0.462 e. The van der Waals surface area contributed by atoms with Crippen LogP contribution in [-0.4, -0.2) is 23.5 Å². The minimum Gasteiger partial charge on any atom is -0.462 e. The minimum atomic E-state index is -0.748. The third kappa shape index (κ3) is 4.73. The van der Waals surface area contributed by atoms with Crippen LogP contribution in [0, 0.1) is 11.6 Å². The summed E-state index contributed by atoms with van der Waals surface area (Å²) < 4.78 is 32.4. The number of benzene rings is 2. The van der Waals surface area contributed by atoms with E-state index in [0.717, 1.165) is 12.1 Å². The third-order valence-corrected chi connectivity index (χ3v) is 3.90. The Balaban J connectivity index is 1.74. The Kier molecular flexibility index (Phi) is 6.13. The van der Waals surface area contributed by atoms with Crippen molar-refractivity contribution < 1.29 is 23.1 Å². The predicted molar refractivity (Wildman–Crippen MR) is 104 cm³/mol. The second kappa shape index (κ2) is 8.92. The number of carbonyl (C=O) groups is 2. The number of anilines is 3. The van der Waals surface area contributed by atoms with Crippen LogP contribution in [0.5, 0.6) is 0 Å². The summed E-state index contributed by atoms with van der Waals surface area (Å²) in [4.78, 5) is 28.5. The van der Waals surface area contributed by atoms with Crippen LogP contribution in [0.1, 0.15) is 27.8 Å². The first kappa shape index (κ1) is 19.9. The fourth-order valence-electron chi connectivity index (χ4n) is 2.53. The molecule has 29 heavy (non-hydrogen) atoms. The second-order valence-electron chi connectivity index (χ2n) is 5.87. The van der Waals surface area contributed by atoms with Crippen LogP contribution >= 0.6 is 0 Å². The van der Waals surface area contributed by atoms with Gasteiger partial charge in [-0.3, -0.25) is 4.79 Å². The summed E-state index contributed by atoms with van der Waals surface area (Å²) in [6, 6.07) is 12.8. The van der Waals surface area contributed by atoms with Gasteiger partial charge in [-0.2, -0.15) is 0 Å². The van der Waals surface area contributed by atoms with Crippen molar-refractivity contribution in [2.75, 3.05) is 17.2 Å². The lowest BCUT2D eigenvalue weighted by Gasteiger charge is -2.11. The molecule has 0 saturated carbocycles. The standard InChI is InChI=1S/C21H17F2N3O3/c1-2-29-21(28)14-6-3-4-9-17(14)26-20(27)18-11-10-13(12-24-18)25-19-15(22)7-5-8-16(19)23/h3-12,25H,2H2,1H3,(H,26,27). The third-order valence-electron chi connectivity index (χ3n) is 3.90. The van der Waals surface area contributed by atoms with Crippen LogP contribution in [0.2, 0.25) is 0 Å². The average Bonchev–Trinajstić information content (AvgIpc) is 2.72. The van der Waals surface area contributed by atoms with Gasteiger partial charge in [0.15, 0.2) is 0 Å². The molecule has 0 fully saturated rings. The highest BCUT2D eigenvalue weighted by atomic mass is 19.1. The van der Waals surface area contributed by atoms with Gasteiger partial charge >= 0.3 is 5.97 Å². The molecule has 8 heteroatoms. The molecule has 3 rings (SSSR count). The molecule has 2 N–H and O–H groups in total. The second-order valence-corrected chi connectivity index (χ2v) is 5.87. The number of esters is 1. The summed E-state index contributed by atoms with van der Waals surface area (Å²) in [5.74, 6) is -2.60. The van der Waals surface area contributed by atoms with Crippen molar-refractivity contribution in [3.05, 3.63) is 83.7 Å². The van der Waals surface area contributed by atoms with Gasteiger partial charge in [-0.25, -0.2) is 18.6 Å². The zero-order chi connectivity index (χ0) is 20.8. The zero-order valence-electron chi connectivity index (χ0n) is 15.4. The van der Waals surface area contributed by atoms with Crippen molar-refractivity contribution >= 4 is 28.9 Å². The number of ether oxygens (including phenoxy) is 1. The maximum Gasteiger partial charge on any atom is 0.340 e. The van der Waals surface area contributed by atoms with Crippen LogP contribution in [-0.2, 0) is 4.74 Å². The topological polar surface area (TPSA) is 80.3 Å². The van der Waals surface area contributed by atoms with E-state index in [0.29, 0.717) is 5.69 Å². The molecule has 6 nitrogen and oxygen atoms in total. The van der Waals surface area contributed by atoms with Gasteiger partial charge in [-0.1, -0.05) is 18.2 Å². The van der Waals surface area contributed by atoms with Gasteiger partial charge in [0.05, 0.1) is 29.7 Å². The number of hydrogen-bond donors (Lipinski definition) is 2. The molecule has 148 valence electrons. The Morgan fingerprint density at radius 1 is 1.00 bits per heavy atom. The van der Waals surface area contributed by atoms with Gasteiger partial charge in [0, 0.05) is 0 Å². The van der Waals surface area contributed by atoms with E-state index in [9.17, 15) is 18.4 Å². The van der Waals surface area contributed by atoms with Gasteiger partial charge in [-0.05, 0) is 43.3 Å². The number of nitrogens with zero attached hydrogens (tertiary/aromatic N) is 1. The van der Waals surface area contributed by atoms with Crippen LogP contribution in [0.4, 0.5) is 25.8 Å². The van der Waals surface area contributed by atoms with Crippen molar-refractivity contribution in [1.82, 2.24) is 4.98 Å². The Hall–Kier alpha value is -3.81. The minimum absolute atomic E-state index is 0.0585. The zero-order valence-corrected chi connectivity index (χ0v) is 15.4. The van der Waals surface area contributed by atoms with Gasteiger partial charge in [0.1, 0.15) is 23.0 Å². The molecule has 3 aromatic rings. The number of carbonyl (C=O) groups excluding carboxylic acids is 2. The SMILES string of the molecule is CCOC(=O)c1ccccc1NC(=O)c1ccc(Nc2c(F)cccc2F)cn1. The molecule has 0 unspecified atom stereocenters. The fraction of sp³-hybridized carbons (Fsp3) is 0.0952. The summed E-state index contributed by atoms with van der Waals surface area (Å²) in [6.07, 6.45) is 1.28. The maximum absolute atomic E-state index is 13.7. The first-order valence-electron chi connectivity index (χ1n) is 8.74. The van der Waals surface area contributed by atoms with E-state index in [1.54, 1.807) is 25.1 Å². The van der Waals surface area contributed by atoms with Crippen molar-refractivity contribution in [1.29, 1.82) is 0 Å². The lowest BCUT2D eigenvalue weighted by molar-refractivity contribution is 0.0527. The van der Waals surface area contributed by atoms with Crippen molar-refractivity contribution in [2.24, 2.45) is 0 Å². The first-order chi connectivity index (χ1) is 14.0. The predicted octanol–water partition coefficient (Wildman–Crippen LogP) is 4.53. The summed E-state index contributed by atoms with van der Waals surface area (Å²) in [7, 11) is 0. The molecular formula is C21H17F2N3O3. The number of amides is 1. The molecule has 0 spiro atoms. The molecule has 0 saturated heterocycles. The number of pyridine rings is 1. The normalized spacial score (nSPS) is 10.3. The molecule has 0 aliphatic heterocycles. The number of hydrogen-bond acceptors (Lipinski definition) is 5. The highest BCUT2D eigenvalue weighted by Gasteiger charge is 2.16. The molecule has 2 aromatic carbocycles. The Bertz CT molecular complexity index is 1020. The highest BCUT2D eigenvalue weighted by Crippen LogP contribution is 2.23. The van der Waals surface area contributed by atoms with Crippen LogP contribution in [0.3, 0.4) is 0 Å². The van der Waals surface area contributed by atoms with Gasteiger partial charge in [0.2, 0.25) is 0 Å². The van der Waals surface area contributed by atoms with E-state index in [4.69, 9.17) is 4.74 Å². The van der Waals surface area contributed by atoms with Gasteiger partial charge in [0.25, 0.3) is 5.91 Å². The molecular weight excluding hydrogens is 380 g/mol. The van der Waals surface area contributed by atoms with E-state index in [1.807, 2.05) is 0 Å². The van der Waals surface area contributed by atoms with Crippen LogP contribution in [0.25, 0.3) is 0 Å². The van der Waals surface area contributed by atoms with Crippen molar-refractivity contribution in [3.63, 3.8) is 0 Å². The smallest absolute Gasteiger partial charge is 0.340 e. The van der Waals surface area contributed by atoms with Gasteiger partial charge in [-0.15, -0.1) is 0 Å². The monoisotopic (exact) mass is 397 g/mol. The van der Waals surface area contributed by atoms with Crippen molar-refractivity contribution in [2.45, 2.75) is 6.92 Å². The lowest BCUT2D eigenvalue weighted by Crippen LogP contribution is -2.17. The molecule has 0 bridgehead atoms. The lowest BCUT2D eigenvalue weighted by atomic mass is 10.1. The average molecular weight is 397 g/mol. The number of nitrogens with one attached hydrogen (secondary N) is 2.